The highest BCUT2D eigenvalue weighted by Crippen LogP contribution is 2.32. The van der Waals surface area contributed by atoms with Crippen molar-refractivity contribution in [2.45, 2.75) is 0 Å². The smallest absolute Gasteiger partial charge is 0.262 e. The summed E-state index contributed by atoms with van der Waals surface area (Å²) in [4.78, 5) is 11.3. The molecule has 0 fully saturated rings. The lowest BCUT2D eigenvalue weighted by Crippen LogP contribution is -2.26. The van der Waals surface area contributed by atoms with E-state index in [9.17, 15) is 9.18 Å². The van der Waals surface area contributed by atoms with E-state index in [4.69, 9.17) is 4.74 Å². The molecule has 3 nitrogen and oxygen atoms in total. The molecular weight excluding hydrogens is 257 g/mol. The van der Waals surface area contributed by atoms with Gasteiger partial charge in [-0.25, -0.2) is 4.39 Å². The maximum atomic E-state index is 13.9. The van der Waals surface area contributed by atoms with Crippen LogP contribution in [0.2, 0.25) is 0 Å². The topological polar surface area (TPSA) is 38.3 Å². The number of rotatable bonds is 2. The lowest BCUT2D eigenvalue weighted by Gasteiger charge is -2.18. The Hall–Kier alpha value is -2.62. The number of carbonyl (C=O) groups excluding carboxylic acids is 1. The van der Waals surface area contributed by atoms with Crippen molar-refractivity contribution in [2.75, 3.05) is 11.9 Å². The molecule has 20 heavy (non-hydrogen) atoms. The van der Waals surface area contributed by atoms with Crippen molar-refractivity contribution in [3.05, 3.63) is 59.4 Å². The second kappa shape index (κ2) is 5.17. The van der Waals surface area contributed by atoms with Crippen LogP contribution in [0.4, 0.5) is 10.1 Å². The van der Waals surface area contributed by atoms with Crippen molar-refractivity contribution in [1.29, 1.82) is 0 Å². The van der Waals surface area contributed by atoms with E-state index in [1.165, 1.54) is 6.07 Å². The molecule has 2 aromatic rings. The average Bonchev–Trinajstić information content (AvgIpc) is 2.46. The minimum Gasteiger partial charge on any atom is -0.478 e. The summed E-state index contributed by atoms with van der Waals surface area (Å²) in [6, 6.07) is 12.8. The molecule has 4 heteroatoms. The number of benzene rings is 2. The molecule has 0 aromatic heterocycles. The van der Waals surface area contributed by atoms with Gasteiger partial charge in [-0.3, -0.25) is 4.79 Å². The molecule has 1 aliphatic heterocycles. The Kier molecular flexibility index (Phi) is 3.21. The normalized spacial score (nSPS) is 13.8. The number of amides is 1. The lowest BCUT2D eigenvalue weighted by molar-refractivity contribution is -0.118. The van der Waals surface area contributed by atoms with Crippen molar-refractivity contribution in [1.82, 2.24) is 0 Å². The van der Waals surface area contributed by atoms with E-state index in [0.29, 0.717) is 11.3 Å². The molecule has 0 unspecified atom stereocenters. The molecule has 0 atom stereocenters. The Morgan fingerprint density at radius 1 is 1.10 bits per heavy atom. The highest BCUT2D eigenvalue weighted by atomic mass is 19.1. The van der Waals surface area contributed by atoms with Gasteiger partial charge in [0.25, 0.3) is 5.91 Å². The van der Waals surface area contributed by atoms with Crippen LogP contribution in [0.3, 0.4) is 0 Å². The number of carbonyl (C=O) groups is 1. The Balaban J connectivity index is 1.91. The molecule has 0 aliphatic carbocycles. The Morgan fingerprint density at radius 3 is 2.65 bits per heavy atom. The zero-order chi connectivity index (χ0) is 13.9. The van der Waals surface area contributed by atoms with Crippen LogP contribution in [0.5, 0.6) is 5.75 Å². The van der Waals surface area contributed by atoms with Gasteiger partial charge in [0.2, 0.25) is 0 Å². The van der Waals surface area contributed by atoms with Crippen molar-refractivity contribution < 1.29 is 13.9 Å². The highest BCUT2D eigenvalue weighted by molar-refractivity contribution is 5.96. The fraction of sp³-hybridized carbons (Fsp3) is 0.0625. The van der Waals surface area contributed by atoms with Crippen molar-refractivity contribution in [2.24, 2.45) is 0 Å². The molecule has 0 radical (unpaired) electrons. The first-order valence-corrected chi connectivity index (χ1v) is 6.22. The number of ether oxygens (including phenoxy) is 1. The molecule has 1 heterocycles. The highest BCUT2D eigenvalue weighted by Gasteiger charge is 2.19. The molecule has 1 amide bonds. The first-order chi connectivity index (χ1) is 9.72. The van der Waals surface area contributed by atoms with E-state index in [-0.39, 0.29) is 18.3 Å². The third-order valence-corrected chi connectivity index (χ3v) is 2.96. The van der Waals surface area contributed by atoms with Crippen molar-refractivity contribution >= 4 is 23.7 Å². The SMILES string of the molecule is O=C1COc2c(F)cc(/C=C/c3ccccc3)cc2N1. The van der Waals surface area contributed by atoms with E-state index < -0.39 is 5.82 Å². The number of nitrogens with one attached hydrogen (secondary N) is 1. The monoisotopic (exact) mass is 269 g/mol. The van der Waals surface area contributed by atoms with Gasteiger partial charge in [-0.15, -0.1) is 0 Å². The Bertz CT molecular complexity index is 680. The number of anilines is 1. The molecule has 0 saturated carbocycles. The summed E-state index contributed by atoms with van der Waals surface area (Å²) >= 11 is 0. The zero-order valence-corrected chi connectivity index (χ0v) is 10.6. The average molecular weight is 269 g/mol. The quantitative estimate of drug-likeness (QED) is 0.849. The molecule has 0 spiro atoms. The maximum absolute atomic E-state index is 13.9. The van der Waals surface area contributed by atoms with Crippen LogP contribution < -0.4 is 10.1 Å². The van der Waals surface area contributed by atoms with E-state index in [1.54, 1.807) is 12.1 Å². The summed E-state index contributed by atoms with van der Waals surface area (Å²) in [5.74, 6) is -0.655. The van der Waals surface area contributed by atoms with Gasteiger partial charge >= 0.3 is 0 Å². The summed E-state index contributed by atoms with van der Waals surface area (Å²) in [7, 11) is 0. The third-order valence-electron chi connectivity index (χ3n) is 2.96. The molecule has 1 aliphatic rings. The predicted molar refractivity (Wildman–Crippen MR) is 75.9 cm³/mol. The van der Waals surface area contributed by atoms with Gasteiger partial charge in [0.1, 0.15) is 0 Å². The van der Waals surface area contributed by atoms with Crippen molar-refractivity contribution in [3.8, 4) is 5.75 Å². The maximum Gasteiger partial charge on any atom is 0.262 e. The number of fused-ring (bicyclic) bond motifs is 1. The number of halogens is 1. The van der Waals surface area contributed by atoms with Crippen LogP contribution in [0.1, 0.15) is 11.1 Å². The third kappa shape index (κ3) is 2.54. The molecule has 3 rings (SSSR count). The largest absolute Gasteiger partial charge is 0.478 e. The molecule has 100 valence electrons. The lowest BCUT2D eigenvalue weighted by atomic mass is 10.1. The second-order valence-electron chi connectivity index (χ2n) is 4.46. The van der Waals surface area contributed by atoms with Gasteiger partial charge < -0.3 is 10.1 Å². The van der Waals surface area contributed by atoms with Crippen LogP contribution >= 0.6 is 0 Å². The van der Waals surface area contributed by atoms with E-state index in [2.05, 4.69) is 5.32 Å². The summed E-state index contributed by atoms with van der Waals surface area (Å²) < 4.78 is 18.9. The van der Waals surface area contributed by atoms with Crippen LogP contribution in [-0.4, -0.2) is 12.5 Å². The van der Waals surface area contributed by atoms with Gasteiger partial charge in [-0.05, 0) is 23.3 Å². The number of hydrogen-bond donors (Lipinski definition) is 1. The minimum atomic E-state index is -0.477. The van der Waals surface area contributed by atoms with E-state index >= 15 is 0 Å². The summed E-state index contributed by atoms with van der Waals surface area (Å²) in [5, 5.41) is 2.60. The van der Waals surface area contributed by atoms with E-state index in [0.717, 1.165) is 5.56 Å². The standard InChI is InChI=1S/C16H12FNO2/c17-13-8-12(7-6-11-4-2-1-3-5-11)9-14-16(13)20-10-15(19)18-14/h1-9H,10H2,(H,18,19)/b7-6+. The first kappa shape index (κ1) is 12.4. The van der Waals surface area contributed by atoms with Gasteiger partial charge in [0, 0.05) is 0 Å². The van der Waals surface area contributed by atoms with Gasteiger partial charge in [-0.1, -0.05) is 42.5 Å². The van der Waals surface area contributed by atoms with Gasteiger partial charge in [-0.2, -0.15) is 0 Å². The first-order valence-electron chi connectivity index (χ1n) is 6.22. The van der Waals surface area contributed by atoms with Gasteiger partial charge in [0.05, 0.1) is 5.69 Å². The Morgan fingerprint density at radius 2 is 1.85 bits per heavy atom. The summed E-state index contributed by atoms with van der Waals surface area (Å²) in [6.45, 7) is -0.150. The van der Waals surface area contributed by atoms with Crippen LogP contribution in [0, 0.1) is 5.82 Å². The molecule has 1 N–H and O–H groups in total. The zero-order valence-electron chi connectivity index (χ0n) is 10.6. The molecule has 0 saturated heterocycles. The van der Waals surface area contributed by atoms with Gasteiger partial charge in [0.15, 0.2) is 18.2 Å². The predicted octanol–water partition coefficient (Wildman–Crippen LogP) is 3.33. The van der Waals surface area contributed by atoms with E-state index in [1.807, 2.05) is 36.4 Å². The number of hydrogen-bond acceptors (Lipinski definition) is 2. The fourth-order valence-corrected chi connectivity index (χ4v) is 2.03. The molecule has 0 bridgehead atoms. The van der Waals surface area contributed by atoms with Crippen LogP contribution in [0.25, 0.3) is 12.2 Å². The van der Waals surface area contributed by atoms with Crippen LogP contribution in [0.15, 0.2) is 42.5 Å². The van der Waals surface area contributed by atoms with Crippen LogP contribution in [-0.2, 0) is 4.79 Å². The second-order valence-corrected chi connectivity index (χ2v) is 4.46. The van der Waals surface area contributed by atoms with Crippen molar-refractivity contribution in [3.63, 3.8) is 0 Å². The molecule has 2 aromatic carbocycles. The summed E-state index contributed by atoms with van der Waals surface area (Å²) in [6.07, 6.45) is 3.67. The fourth-order valence-electron chi connectivity index (χ4n) is 2.03. The summed E-state index contributed by atoms with van der Waals surface area (Å²) in [5.41, 5.74) is 2.05. The Labute approximate surface area is 115 Å². The molecular formula is C16H12FNO2. The minimum absolute atomic E-state index is 0.0986.